The molecule has 1 N–H and O–H groups in total. The lowest BCUT2D eigenvalue weighted by molar-refractivity contribution is -0.161. The monoisotopic (exact) mass is 369 g/mol. The van der Waals surface area contributed by atoms with Gasteiger partial charge in [0.15, 0.2) is 0 Å². The molecule has 0 saturated carbocycles. The third kappa shape index (κ3) is 4.86. The van der Waals surface area contributed by atoms with Crippen molar-refractivity contribution in [3.05, 3.63) is 71.8 Å². The number of ether oxygens (including phenoxy) is 2. The van der Waals surface area contributed by atoms with E-state index in [1.165, 1.54) is 4.90 Å². The standard InChI is InChI=1S/C21H23NO5/c23-19(24)21(11-12-26-13-17-7-3-1-4-8-17)15-22(16-21)20(25)27-14-18-9-5-2-6-10-18/h1-10H,11-16H2,(H,23,24). The van der Waals surface area contributed by atoms with Gasteiger partial charge in [-0.25, -0.2) is 4.79 Å². The molecule has 0 unspecified atom stereocenters. The summed E-state index contributed by atoms with van der Waals surface area (Å²) in [4.78, 5) is 25.2. The van der Waals surface area contributed by atoms with Crippen molar-refractivity contribution < 1.29 is 24.2 Å². The number of aliphatic carboxylic acids is 1. The van der Waals surface area contributed by atoms with Crippen molar-refractivity contribution in [2.24, 2.45) is 5.41 Å². The van der Waals surface area contributed by atoms with E-state index in [0.29, 0.717) is 19.6 Å². The number of benzene rings is 2. The third-order valence-electron chi connectivity index (χ3n) is 4.74. The van der Waals surface area contributed by atoms with E-state index in [2.05, 4.69) is 0 Å². The molecule has 1 aliphatic heterocycles. The van der Waals surface area contributed by atoms with Crippen LogP contribution >= 0.6 is 0 Å². The van der Waals surface area contributed by atoms with Crippen LogP contribution in [0.2, 0.25) is 0 Å². The Bertz CT molecular complexity index is 757. The number of carboxylic acids is 1. The Morgan fingerprint density at radius 2 is 1.48 bits per heavy atom. The van der Waals surface area contributed by atoms with Gasteiger partial charge in [-0.1, -0.05) is 60.7 Å². The lowest BCUT2D eigenvalue weighted by Crippen LogP contribution is -2.62. The molecule has 27 heavy (non-hydrogen) atoms. The summed E-state index contributed by atoms with van der Waals surface area (Å²) in [6.07, 6.45) is -0.126. The van der Waals surface area contributed by atoms with Gasteiger partial charge in [0.1, 0.15) is 12.0 Å². The molecule has 0 radical (unpaired) electrons. The van der Waals surface area contributed by atoms with Crippen molar-refractivity contribution in [2.75, 3.05) is 19.7 Å². The van der Waals surface area contributed by atoms with Crippen LogP contribution in [-0.4, -0.2) is 41.8 Å². The molecule has 1 amide bonds. The van der Waals surface area contributed by atoms with Crippen LogP contribution in [0.25, 0.3) is 0 Å². The molecule has 1 aliphatic rings. The van der Waals surface area contributed by atoms with Gasteiger partial charge in [-0.3, -0.25) is 4.79 Å². The Kier molecular flexibility index (Phi) is 6.08. The van der Waals surface area contributed by atoms with Crippen molar-refractivity contribution in [1.29, 1.82) is 0 Å². The second kappa shape index (κ2) is 8.68. The van der Waals surface area contributed by atoms with E-state index in [0.717, 1.165) is 11.1 Å². The molecule has 0 atom stereocenters. The van der Waals surface area contributed by atoms with E-state index >= 15 is 0 Å². The highest BCUT2D eigenvalue weighted by Crippen LogP contribution is 2.35. The van der Waals surface area contributed by atoms with E-state index in [1.807, 2.05) is 60.7 Å². The zero-order valence-corrected chi connectivity index (χ0v) is 15.0. The maximum atomic E-state index is 12.1. The second-order valence-electron chi connectivity index (χ2n) is 6.77. The number of nitrogens with zero attached hydrogens (tertiary/aromatic N) is 1. The van der Waals surface area contributed by atoms with Gasteiger partial charge in [-0.15, -0.1) is 0 Å². The SMILES string of the molecule is O=C(OCc1ccccc1)N1CC(CCOCc2ccccc2)(C(=O)O)C1. The molecule has 1 saturated heterocycles. The predicted octanol–water partition coefficient (Wildman–Crippen LogP) is 3.32. The fourth-order valence-corrected chi connectivity index (χ4v) is 3.06. The lowest BCUT2D eigenvalue weighted by atomic mass is 9.77. The molecular formula is C21H23NO5. The first kappa shape index (κ1) is 18.9. The minimum Gasteiger partial charge on any atom is -0.481 e. The van der Waals surface area contributed by atoms with Crippen LogP contribution in [0.5, 0.6) is 0 Å². The van der Waals surface area contributed by atoms with Crippen LogP contribution < -0.4 is 0 Å². The number of carbonyl (C=O) groups excluding carboxylic acids is 1. The van der Waals surface area contributed by atoms with Crippen LogP contribution in [0.4, 0.5) is 4.79 Å². The first-order chi connectivity index (χ1) is 13.1. The Morgan fingerprint density at radius 1 is 0.926 bits per heavy atom. The van der Waals surface area contributed by atoms with Crippen LogP contribution in [-0.2, 0) is 27.5 Å². The molecule has 2 aromatic rings. The molecule has 6 nitrogen and oxygen atoms in total. The maximum Gasteiger partial charge on any atom is 0.410 e. The van der Waals surface area contributed by atoms with Gasteiger partial charge in [0.2, 0.25) is 0 Å². The van der Waals surface area contributed by atoms with Crippen LogP contribution in [0, 0.1) is 5.41 Å². The van der Waals surface area contributed by atoms with Gasteiger partial charge in [0.25, 0.3) is 0 Å². The molecule has 3 rings (SSSR count). The Morgan fingerprint density at radius 3 is 2.04 bits per heavy atom. The van der Waals surface area contributed by atoms with Crippen molar-refractivity contribution in [2.45, 2.75) is 19.6 Å². The molecule has 1 heterocycles. The van der Waals surface area contributed by atoms with Crippen molar-refractivity contribution >= 4 is 12.1 Å². The van der Waals surface area contributed by atoms with E-state index in [-0.39, 0.29) is 19.7 Å². The highest BCUT2D eigenvalue weighted by molar-refractivity contribution is 5.80. The smallest absolute Gasteiger partial charge is 0.410 e. The largest absolute Gasteiger partial charge is 0.481 e. The molecule has 0 spiro atoms. The summed E-state index contributed by atoms with van der Waals surface area (Å²) in [5.74, 6) is -0.905. The Labute approximate surface area is 158 Å². The molecule has 2 aromatic carbocycles. The number of likely N-dealkylation sites (tertiary alicyclic amines) is 1. The number of hydrogen-bond acceptors (Lipinski definition) is 4. The summed E-state index contributed by atoms with van der Waals surface area (Å²) < 4.78 is 10.9. The van der Waals surface area contributed by atoms with E-state index in [4.69, 9.17) is 9.47 Å². The van der Waals surface area contributed by atoms with Crippen LogP contribution in [0.15, 0.2) is 60.7 Å². The molecule has 0 bridgehead atoms. The second-order valence-corrected chi connectivity index (χ2v) is 6.77. The van der Waals surface area contributed by atoms with Gasteiger partial charge < -0.3 is 19.5 Å². The number of rotatable bonds is 8. The van der Waals surface area contributed by atoms with Gasteiger partial charge in [0, 0.05) is 19.7 Å². The summed E-state index contributed by atoms with van der Waals surface area (Å²) in [5, 5.41) is 9.57. The Balaban J connectivity index is 1.42. The summed E-state index contributed by atoms with van der Waals surface area (Å²) in [6.45, 7) is 1.24. The number of carboxylic acid groups (broad SMARTS) is 1. The van der Waals surface area contributed by atoms with E-state index in [1.54, 1.807) is 0 Å². The third-order valence-corrected chi connectivity index (χ3v) is 4.74. The van der Waals surface area contributed by atoms with Crippen molar-refractivity contribution in [1.82, 2.24) is 4.90 Å². The highest BCUT2D eigenvalue weighted by atomic mass is 16.6. The van der Waals surface area contributed by atoms with Crippen LogP contribution in [0.1, 0.15) is 17.5 Å². The number of hydrogen-bond donors (Lipinski definition) is 1. The molecule has 1 fully saturated rings. The van der Waals surface area contributed by atoms with Crippen molar-refractivity contribution in [3.63, 3.8) is 0 Å². The van der Waals surface area contributed by atoms with Crippen molar-refractivity contribution in [3.8, 4) is 0 Å². The fourth-order valence-electron chi connectivity index (χ4n) is 3.06. The summed E-state index contributed by atoms with van der Waals surface area (Å²) in [6, 6.07) is 19.1. The van der Waals surface area contributed by atoms with Crippen LogP contribution in [0.3, 0.4) is 0 Å². The highest BCUT2D eigenvalue weighted by Gasteiger charge is 2.51. The maximum absolute atomic E-state index is 12.1. The first-order valence-corrected chi connectivity index (χ1v) is 8.90. The molecule has 0 aliphatic carbocycles. The Hall–Kier alpha value is -2.86. The van der Waals surface area contributed by atoms with E-state index < -0.39 is 17.5 Å². The normalized spacial score (nSPS) is 15.0. The van der Waals surface area contributed by atoms with E-state index in [9.17, 15) is 14.7 Å². The topological polar surface area (TPSA) is 76.1 Å². The average Bonchev–Trinajstić information content (AvgIpc) is 2.66. The number of carbonyl (C=O) groups is 2. The molecule has 0 aromatic heterocycles. The zero-order valence-electron chi connectivity index (χ0n) is 15.0. The summed E-state index contributed by atoms with van der Waals surface area (Å²) in [5.41, 5.74) is 0.981. The zero-order chi connectivity index (χ0) is 19.1. The minimum absolute atomic E-state index is 0.144. The summed E-state index contributed by atoms with van der Waals surface area (Å²) in [7, 11) is 0. The van der Waals surface area contributed by atoms with Gasteiger partial charge in [-0.2, -0.15) is 0 Å². The molecule has 6 heteroatoms. The van der Waals surface area contributed by atoms with Gasteiger partial charge in [0.05, 0.1) is 6.61 Å². The fraction of sp³-hybridized carbons (Fsp3) is 0.333. The lowest BCUT2D eigenvalue weighted by Gasteiger charge is -2.46. The molecule has 142 valence electrons. The van der Waals surface area contributed by atoms with Gasteiger partial charge >= 0.3 is 12.1 Å². The minimum atomic E-state index is -0.956. The number of amides is 1. The summed E-state index contributed by atoms with van der Waals surface area (Å²) >= 11 is 0. The van der Waals surface area contributed by atoms with Gasteiger partial charge in [-0.05, 0) is 17.5 Å². The predicted molar refractivity (Wildman–Crippen MR) is 99.0 cm³/mol. The average molecular weight is 369 g/mol. The molecular weight excluding hydrogens is 346 g/mol. The first-order valence-electron chi connectivity index (χ1n) is 8.90. The quantitative estimate of drug-likeness (QED) is 0.723.